The van der Waals surface area contributed by atoms with Crippen LogP contribution in [-0.4, -0.2) is 52.4 Å². The smallest absolute Gasteiger partial charge is 0.341 e. The SMILES string of the molecule is COC(=O)CN1C(=O)/C(=C/c2ccc(OCC(=O)O)c(Cl)c2)SC1=S. The quantitative estimate of drug-likeness (QED) is 0.440. The van der Waals surface area contributed by atoms with E-state index < -0.39 is 24.5 Å². The predicted molar refractivity (Wildman–Crippen MR) is 96.5 cm³/mol. The van der Waals surface area contributed by atoms with Gasteiger partial charge < -0.3 is 14.6 Å². The van der Waals surface area contributed by atoms with E-state index in [1.807, 2.05) is 0 Å². The highest BCUT2D eigenvalue weighted by molar-refractivity contribution is 8.26. The summed E-state index contributed by atoms with van der Waals surface area (Å²) in [6.45, 7) is -0.757. The molecule has 1 amide bonds. The second-order valence-electron chi connectivity index (χ2n) is 4.72. The van der Waals surface area contributed by atoms with E-state index in [0.717, 1.165) is 16.7 Å². The highest BCUT2D eigenvalue weighted by Crippen LogP contribution is 2.33. The maximum absolute atomic E-state index is 12.3. The lowest BCUT2D eigenvalue weighted by Gasteiger charge is -2.11. The van der Waals surface area contributed by atoms with E-state index in [1.54, 1.807) is 12.1 Å². The van der Waals surface area contributed by atoms with Crippen LogP contribution in [0.25, 0.3) is 6.08 Å². The summed E-state index contributed by atoms with van der Waals surface area (Å²) in [6, 6.07) is 4.66. The molecule has 0 saturated carbocycles. The fourth-order valence-electron chi connectivity index (χ4n) is 1.84. The van der Waals surface area contributed by atoms with Crippen molar-refractivity contribution in [3.8, 4) is 5.75 Å². The molecule has 0 aliphatic carbocycles. The van der Waals surface area contributed by atoms with E-state index in [9.17, 15) is 14.4 Å². The average Bonchev–Trinajstić information content (AvgIpc) is 2.81. The van der Waals surface area contributed by atoms with E-state index in [0.29, 0.717) is 10.5 Å². The summed E-state index contributed by atoms with van der Waals surface area (Å²) < 4.78 is 9.82. The molecule has 1 saturated heterocycles. The van der Waals surface area contributed by atoms with Crippen molar-refractivity contribution in [1.29, 1.82) is 0 Å². The lowest BCUT2D eigenvalue weighted by Crippen LogP contribution is -2.33. The van der Waals surface area contributed by atoms with E-state index >= 15 is 0 Å². The number of thioether (sulfide) groups is 1. The van der Waals surface area contributed by atoms with Crippen molar-refractivity contribution in [2.75, 3.05) is 20.3 Å². The third-order valence-electron chi connectivity index (χ3n) is 2.99. The third kappa shape index (κ3) is 4.94. The number of ether oxygens (including phenoxy) is 2. The Labute approximate surface area is 157 Å². The number of hydrogen-bond acceptors (Lipinski definition) is 7. The summed E-state index contributed by atoms with van der Waals surface area (Å²) in [6.07, 6.45) is 1.57. The van der Waals surface area contributed by atoms with Gasteiger partial charge in [-0.2, -0.15) is 0 Å². The molecule has 1 aliphatic heterocycles. The lowest BCUT2D eigenvalue weighted by atomic mass is 10.2. The predicted octanol–water partition coefficient (Wildman–Crippen LogP) is 2.18. The summed E-state index contributed by atoms with van der Waals surface area (Å²) in [5, 5.41) is 8.81. The molecule has 7 nitrogen and oxygen atoms in total. The molecule has 0 bridgehead atoms. The molecule has 10 heteroatoms. The number of thiocarbonyl (C=S) groups is 1. The van der Waals surface area contributed by atoms with Gasteiger partial charge in [-0.25, -0.2) is 4.79 Å². The minimum absolute atomic E-state index is 0.208. The monoisotopic (exact) mass is 401 g/mol. The first kappa shape index (κ1) is 19.2. The number of aliphatic carboxylic acids is 1. The Hall–Kier alpha value is -2.10. The van der Waals surface area contributed by atoms with E-state index in [1.165, 1.54) is 19.2 Å². The first-order valence-corrected chi connectivity index (χ1v) is 8.38. The summed E-state index contributed by atoms with van der Waals surface area (Å²) in [4.78, 5) is 35.7. The highest BCUT2D eigenvalue weighted by atomic mass is 35.5. The number of carbonyl (C=O) groups is 3. The average molecular weight is 402 g/mol. The van der Waals surface area contributed by atoms with E-state index in [4.69, 9.17) is 33.7 Å². The number of benzene rings is 1. The van der Waals surface area contributed by atoms with Crippen LogP contribution in [-0.2, 0) is 19.1 Å². The van der Waals surface area contributed by atoms with Crippen molar-refractivity contribution in [2.24, 2.45) is 0 Å². The van der Waals surface area contributed by atoms with Gasteiger partial charge in [-0.15, -0.1) is 0 Å². The molecule has 1 aromatic rings. The number of esters is 1. The van der Waals surface area contributed by atoms with Crippen molar-refractivity contribution in [2.45, 2.75) is 0 Å². The van der Waals surface area contributed by atoms with Crippen LogP contribution in [0, 0.1) is 0 Å². The summed E-state index contributed by atoms with van der Waals surface area (Å²) >= 11 is 12.2. The van der Waals surface area contributed by atoms with Gasteiger partial charge in [0, 0.05) is 0 Å². The minimum atomic E-state index is -1.12. The summed E-state index contributed by atoms with van der Waals surface area (Å²) in [5.41, 5.74) is 0.603. The number of carboxylic acids is 1. The Morgan fingerprint density at radius 3 is 2.76 bits per heavy atom. The molecular formula is C15H12ClNO6S2. The van der Waals surface area contributed by atoms with Gasteiger partial charge >= 0.3 is 11.9 Å². The zero-order valence-electron chi connectivity index (χ0n) is 12.9. The molecule has 25 heavy (non-hydrogen) atoms. The van der Waals surface area contributed by atoms with Crippen LogP contribution in [0.15, 0.2) is 23.1 Å². The molecule has 1 fully saturated rings. The summed E-state index contributed by atoms with van der Waals surface area (Å²) in [5.74, 6) is -1.86. The third-order valence-corrected chi connectivity index (χ3v) is 4.67. The van der Waals surface area contributed by atoms with E-state index in [2.05, 4.69) is 4.74 Å². The van der Waals surface area contributed by atoms with Gasteiger partial charge in [0.1, 0.15) is 16.6 Å². The second kappa shape index (κ2) is 8.32. The molecule has 1 aliphatic rings. The lowest BCUT2D eigenvalue weighted by molar-refractivity contribution is -0.143. The van der Waals surface area contributed by atoms with Crippen molar-refractivity contribution in [1.82, 2.24) is 4.90 Å². The molecule has 0 unspecified atom stereocenters. The topological polar surface area (TPSA) is 93.1 Å². The number of halogens is 1. The van der Waals surface area contributed by atoms with Gasteiger partial charge in [0.15, 0.2) is 6.61 Å². The number of rotatable bonds is 6. The molecule has 0 atom stereocenters. The number of carbonyl (C=O) groups excluding carboxylic acids is 2. The molecule has 0 spiro atoms. The van der Waals surface area contributed by atoms with Crippen molar-refractivity contribution in [3.63, 3.8) is 0 Å². The maximum atomic E-state index is 12.3. The number of hydrogen-bond donors (Lipinski definition) is 1. The van der Waals surface area contributed by atoms with Crippen LogP contribution in [0.3, 0.4) is 0 Å². The minimum Gasteiger partial charge on any atom is -0.480 e. The zero-order valence-corrected chi connectivity index (χ0v) is 15.2. The molecule has 1 aromatic carbocycles. The first-order valence-electron chi connectivity index (χ1n) is 6.78. The molecule has 0 aromatic heterocycles. The van der Waals surface area contributed by atoms with Crippen LogP contribution < -0.4 is 4.74 Å². The number of carboxylic acid groups (broad SMARTS) is 1. The van der Waals surface area contributed by atoms with Crippen LogP contribution in [0.5, 0.6) is 5.75 Å². The highest BCUT2D eigenvalue weighted by Gasteiger charge is 2.33. The Morgan fingerprint density at radius 2 is 2.16 bits per heavy atom. The van der Waals surface area contributed by atoms with Crippen LogP contribution in [0.1, 0.15) is 5.56 Å². The zero-order chi connectivity index (χ0) is 18.6. The van der Waals surface area contributed by atoms with Crippen molar-refractivity contribution < 1.29 is 29.0 Å². The number of amides is 1. The molecule has 1 N–H and O–H groups in total. The van der Waals surface area contributed by atoms with Gasteiger partial charge in [0.25, 0.3) is 5.91 Å². The fraction of sp³-hybridized carbons (Fsp3) is 0.200. The second-order valence-corrected chi connectivity index (χ2v) is 6.80. The van der Waals surface area contributed by atoms with Gasteiger partial charge in [0.05, 0.1) is 17.0 Å². The first-order chi connectivity index (χ1) is 11.8. The number of methoxy groups -OCH3 is 1. The molecule has 1 heterocycles. The van der Waals surface area contributed by atoms with Crippen molar-refractivity contribution >= 4 is 63.8 Å². The molecule has 132 valence electrons. The van der Waals surface area contributed by atoms with Crippen LogP contribution in [0.4, 0.5) is 0 Å². The van der Waals surface area contributed by atoms with Gasteiger partial charge in [0.2, 0.25) is 0 Å². The largest absolute Gasteiger partial charge is 0.480 e. The van der Waals surface area contributed by atoms with Crippen LogP contribution >= 0.6 is 35.6 Å². The fourth-order valence-corrected chi connectivity index (χ4v) is 3.34. The van der Waals surface area contributed by atoms with Gasteiger partial charge in [-0.3, -0.25) is 14.5 Å². The molecule has 0 radical (unpaired) electrons. The van der Waals surface area contributed by atoms with Gasteiger partial charge in [-0.1, -0.05) is 41.6 Å². The Kier molecular flexibility index (Phi) is 6.40. The Bertz CT molecular complexity index is 779. The normalized spacial score (nSPS) is 15.6. The molecule has 2 rings (SSSR count). The van der Waals surface area contributed by atoms with Crippen LogP contribution in [0.2, 0.25) is 5.02 Å². The summed E-state index contributed by atoms with van der Waals surface area (Å²) in [7, 11) is 1.23. The Balaban J connectivity index is 2.16. The van der Waals surface area contributed by atoms with Gasteiger partial charge in [-0.05, 0) is 23.8 Å². The molecular weight excluding hydrogens is 390 g/mol. The standard InChI is InChI=1S/C15H12ClNO6S2/c1-22-13(20)6-17-14(21)11(25-15(17)24)5-8-2-3-10(9(16)4-8)23-7-12(18)19/h2-5H,6-7H2,1H3,(H,18,19)/b11-5-. The Morgan fingerprint density at radius 1 is 1.44 bits per heavy atom. The number of nitrogens with zero attached hydrogens (tertiary/aromatic N) is 1. The maximum Gasteiger partial charge on any atom is 0.341 e. The van der Waals surface area contributed by atoms with E-state index in [-0.39, 0.29) is 21.6 Å². The van der Waals surface area contributed by atoms with Crippen molar-refractivity contribution in [3.05, 3.63) is 33.7 Å².